The molecule has 0 spiro atoms. The van der Waals surface area contributed by atoms with Gasteiger partial charge < -0.3 is 16.0 Å². The van der Waals surface area contributed by atoms with Crippen LogP contribution >= 0.6 is 11.3 Å². The molecule has 6 nitrogen and oxygen atoms in total. The molecule has 2 rings (SSSR count). The Kier molecular flexibility index (Phi) is 4.52. The van der Waals surface area contributed by atoms with Crippen molar-refractivity contribution < 1.29 is 4.79 Å². The Morgan fingerprint density at radius 2 is 2.30 bits per heavy atom. The van der Waals surface area contributed by atoms with Crippen molar-refractivity contribution in [1.82, 2.24) is 14.9 Å². The first-order valence-corrected chi connectivity index (χ1v) is 7.09. The number of anilines is 2. The number of nitrogens with zero attached hydrogens (tertiary/aromatic N) is 3. The molecule has 0 aliphatic heterocycles. The molecule has 0 radical (unpaired) electrons. The van der Waals surface area contributed by atoms with Crippen LogP contribution in [0.5, 0.6) is 0 Å². The van der Waals surface area contributed by atoms with Gasteiger partial charge in [-0.3, -0.25) is 9.78 Å². The zero-order chi connectivity index (χ0) is 14.5. The van der Waals surface area contributed by atoms with E-state index in [4.69, 9.17) is 5.73 Å². The molecule has 3 N–H and O–H groups in total. The largest absolute Gasteiger partial charge is 0.382 e. The number of nitrogens with one attached hydrogen (secondary N) is 1. The maximum atomic E-state index is 12.3. The number of amides is 1. The molecular weight excluding hydrogens is 274 g/mol. The van der Waals surface area contributed by atoms with Gasteiger partial charge in [-0.25, -0.2) is 4.98 Å². The summed E-state index contributed by atoms with van der Waals surface area (Å²) in [5, 5.41) is 3.72. The van der Waals surface area contributed by atoms with Crippen LogP contribution in [0, 0.1) is 0 Å². The number of nitrogens with two attached hydrogens (primary N) is 1. The summed E-state index contributed by atoms with van der Waals surface area (Å²) in [5.74, 6) is 0.124. The molecule has 0 aliphatic rings. The SMILES string of the molecule is CCNc1nc(N)c(C(=O)N(C)Cc2ccccn2)s1. The lowest BCUT2D eigenvalue weighted by Crippen LogP contribution is -2.26. The van der Waals surface area contributed by atoms with Crippen LogP contribution in [0.4, 0.5) is 10.9 Å². The Labute approximate surface area is 121 Å². The highest BCUT2D eigenvalue weighted by Gasteiger charge is 2.20. The van der Waals surface area contributed by atoms with Crippen LogP contribution in [0.2, 0.25) is 0 Å². The fraction of sp³-hybridized carbons (Fsp3) is 0.308. The molecule has 0 saturated carbocycles. The monoisotopic (exact) mass is 291 g/mol. The zero-order valence-electron chi connectivity index (χ0n) is 11.5. The summed E-state index contributed by atoms with van der Waals surface area (Å²) in [6, 6.07) is 5.62. The van der Waals surface area contributed by atoms with Gasteiger partial charge in [-0.15, -0.1) is 0 Å². The molecule has 0 fully saturated rings. The van der Waals surface area contributed by atoms with Crippen molar-refractivity contribution in [2.24, 2.45) is 0 Å². The summed E-state index contributed by atoms with van der Waals surface area (Å²) in [4.78, 5) is 22.7. The van der Waals surface area contributed by atoms with Gasteiger partial charge in [0, 0.05) is 19.8 Å². The number of aromatic nitrogens is 2. The highest BCUT2D eigenvalue weighted by Crippen LogP contribution is 2.26. The minimum Gasteiger partial charge on any atom is -0.382 e. The van der Waals surface area contributed by atoms with Crippen LogP contribution < -0.4 is 11.1 Å². The average Bonchev–Trinajstić information content (AvgIpc) is 2.80. The van der Waals surface area contributed by atoms with Crippen LogP contribution in [0.15, 0.2) is 24.4 Å². The van der Waals surface area contributed by atoms with E-state index in [0.29, 0.717) is 16.6 Å². The molecule has 7 heteroatoms. The van der Waals surface area contributed by atoms with E-state index in [0.717, 1.165) is 12.2 Å². The molecule has 20 heavy (non-hydrogen) atoms. The number of carbonyl (C=O) groups is 1. The molecule has 0 unspecified atom stereocenters. The standard InChI is InChI=1S/C13H17N5OS/c1-3-15-13-17-11(14)10(20-13)12(19)18(2)8-9-6-4-5-7-16-9/h4-7H,3,8,14H2,1-2H3,(H,15,17). The number of hydrogen-bond donors (Lipinski definition) is 2. The second-order valence-corrected chi connectivity index (χ2v) is 5.25. The summed E-state index contributed by atoms with van der Waals surface area (Å²) < 4.78 is 0. The van der Waals surface area contributed by atoms with Crippen molar-refractivity contribution in [2.75, 3.05) is 24.6 Å². The number of nitrogen functional groups attached to an aromatic ring is 1. The van der Waals surface area contributed by atoms with Gasteiger partial charge in [0.2, 0.25) is 0 Å². The maximum Gasteiger partial charge on any atom is 0.267 e. The van der Waals surface area contributed by atoms with Crippen LogP contribution in [-0.2, 0) is 6.54 Å². The summed E-state index contributed by atoms with van der Waals surface area (Å²) in [6.07, 6.45) is 1.71. The lowest BCUT2D eigenvalue weighted by atomic mass is 10.3. The second kappa shape index (κ2) is 6.33. The first-order valence-electron chi connectivity index (χ1n) is 6.27. The van der Waals surface area contributed by atoms with Crippen molar-refractivity contribution in [3.05, 3.63) is 35.0 Å². The summed E-state index contributed by atoms with van der Waals surface area (Å²) in [7, 11) is 1.73. The van der Waals surface area contributed by atoms with Crippen molar-refractivity contribution in [3.8, 4) is 0 Å². The fourth-order valence-electron chi connectivity index (χ4n) is 1.69. The molecular formula is C13H17N5OS. The Morgan fingerprint density at radius 3 is 2.95 bits per heavy atom. The number of thiazole rings is 1. The van der Waals surface area contributed by atoms with Gasteiger partial charge in [0.25, 0.3) is 5.91 Å². The van der Waals surface area contributed by atoms with Gasteiger partial charge in [-0.1, -0.05) is 17.4 Å². The van der Waals surface area contributed by atoms with E-state index >= 15 is 0 Å². The van der Waals surface area contributed by atoms with E-state index in [1.54, 1.807) is 18.1 Å². The van der Waals surface area contributed by atoms with Gasteiger partial charge in [0.15, 0.2) is 5.13 Å². The third-order valence-corrected chi connectivity index (χ3v) is 3.66. The Hall–Kier alpha value is -2.15. The Balaban J connectivity index is 2.10. The number of rotatable bonds is 5. The second-order valence-electron chi connectivity index (χ2n) is 4.25. The van der Waals surface area contributed by atoms with Crippen molar-refractivity contribution in [1.29, 1.82) is 0 Å². The lowest BCUT2D eigenvalue weighted by molar-refractivity contribution is 0.0789. The average molecular weight is 291 g/mol. The molecule has 0 saturated heterocycles. The molecule has 0 aromatic carbocycles. The van der Waals surface area contributed by atoms with E-state index < -0.39 is 0 Å². The quantitative estimate of drug-likeness (QED) is 0.878. The van der Waals surface area contributed by atoms with E-state index in [9.17, 15) is 4.79 Å². The van der Waals surface area contributed by atoms with Crippen molar-refractivity contribution in [2.45, 2.75) is 13.5 Å². The summed E-state index contributed by atoms with van der Waals surface area (Å²) in [6.45, 7) is 3.14. The van der Waals surface area contributed by atoms with Gasteiger partial charge in [0.05, 0.1) is 12.2 Å². The summed E-state index contributed by atoms with van der Waals surface area (Å²) in [5.41, 5.74) is 6.63. The summed E-state index contributed by atoms with van der Waals surface area (Å²) >= 11 is 1.27. The van der Waals surface area contributed by atoms with E-state index in [1.165, 1.54) is 11.3 Å². The van der Waals surface area contributed by atoms with Crippen LogP contribution in [0.25, 0.3) is 0 Å². The van der Waals surface area contributed by atoms with E-state index in [-0.39, 0.29) is 11.7 Å². The van der Waals surface area contributed by atoms with Crippen LogP contribution in [0.1, 0.15) is 22.3 Å². The number of hydrogen-bond acceptors (Lipinski definition) is 6. The van der Waals surface area contributed by atoms with Gasteiger partial charge >= 0.3 is 0 Å². The smallest absolute Gasteiger partial charge is 0.267 e. The van der Waals surface area contributed by atoms with E-state index in [2.05, 4.69) is 15.3 Å². The third kappa shape index (κ3) is 3.24. The molecule has 0 atom stereocenters. The molecule has 106 valence electrons. The van der Waals surface area contributed by atoms with Crippen LogP contribution in [-0.4, -0.2) is 34.4 Å². The third-order valence-electron chi connectivity index (χ3n) is 2.65. The van der Waals surface area contributed by atoms with Gasteiger partial charge in [-0.2, -0.15) is 0 Å². The first-order chi connectivity index (χ1) is 9.61. The minimum atomic E-state index is -0.144. The molecule has 0 bridgehead atoms. The topological polar surface area (TPSA) is 84.1 Å². The maximum absolute atomic E-state index is 12.3. The predicted octanol–water partition coefficient (Wildman–Crippen LogP) is 1.82. The van der Waals surface area contributed by atoms with Gasteiger partial charge in [0.1, 0.15) is 10.7 Å². The normalized spacial score (nSPS) is 10.3. The fourth-order valence-corrected chi connectivity index (χ4v) is 2.64. The van der Waals surface area contributed by atoms with Crippen LogP contribution in [0.3, 0.4) is 0 Å². The van der Waals surface area contributed by atoms with Gasteiger partial charge in [-0.05, 0) is 19.1 Å². The minimum absolute atomic E-state index is 0.144. The molecule has 0 aliphatic carbocycles. The highest BCUT2D eigenvalue weighted by molar-refractivity contribution is 7.18. The van der Waals surface area contributed by atoms with Crippen molar-refractivity contribution in [3.63, 3.8) is 0 Å². The number of carbonyl (C=O) groups excluding carboxylic acids is 1. The number of pyridine rings is 1. The molecule has 2 aromatic rings. The zero-order valence-corrected chi connectivity index (χ0v) is 12.3. The Morgan fingerprint density at radius 1 is 1.50 bits per heavy atom. The highest BCUT2D eigenvalue weighted by atomic mass is 32.1. The molecule has 2 aromatic heterocycles. The lowest BCUT2D eigenvalue weighted by Gasteiger charge is -2.15. The van der Waals surface area contributed by atoms with E-state index in [1.807, 2.05) is 25.1 Å². The van der Waals surface area contributed by atoms with Crippen molar-refractivity contribution >= 4 is 28.2 Å². The Bertz CT molecular complexity index is 584. The molecule has 1 amide bonds. The molecule has 2 heterocycles. The first kappa shape index (κ1) is 14.3. The predicted molar refractivity (Wildman–Crippen MR) is 80.7 cm³/mol.